The van der Waals surface area contributed by atoms with Crippen molar-refractivity contribution in [3.63, 3.8) is 0 Å². The zero-order chi connectivity index (χ0) is 19.1. The summed E-state index contributed by atoms with van der Waals surface area (Å²) in [5.41, 5.74) is 1.35. The van der Waals surface area contributed by atoms with E-state index in [-0.39, 0.29) is 12.0 Å². The number of piperazine rings is 1. The summed E-state index contributed by atoms with van der Waals surface area (Å²) in [4.78, 5) is 21.1. The Bertz CT molecular complexity index is 711. The first-order valence-corrected chi connectivity index (χ1v) is 9.53. The van der Waals surface area contributed by atoms with Gasteiger partial charge in [0.25, 0.3) is 5.91 Å². The highest BCUT2D eigenvalue weighted by Crippen LogP contribution is 2.10. The summed E-state index contributed by atoms with van der Waals surface area (Å²) in [6.45, 7) is 7.42. The summed E-state index contributed by atoms with van der Waals surface area (Å²) in [5.74, 6) is 0.328. The van der Waals surface area contributed by atoms with Gasteiger partial charge in [-0.3, -0.25) is 14.6 Å². The first kappa shape index (κ1) is 19.5. The van der Waals surface area contributed by atoms with Crippen molar-refractivity contribution in [2.24, 2.45) is 0 Å². The second-order valence-electron chi connectivity index (χ2n) is 6.93. The topological polar surface area (TPSA) is 81.8 Å². The van der Waals surface area contributed by atoms with Crippen LogP contribution in [0.1, 0.15) is 35.3 Å². The molecule has 1 aromatic heterocycles. The van der Waals surface area contributed by atoms with Gasteiger partial charge in [-0.05, 0) is 12.0 Å². The molecule has 7 heteroatoms. The number of nitrogens with zero attached hydrogens (tertiary/aromatic N) is 3. The maximum atomic E-state index is 12.2. The number of hydrogen-bond donors (Lipinski definition) is 2. The van der Waals surface area contributed by atoms with Crippen LogP contribution in [0, 0.1) is 0 Å². The van der Waals surface area contributed by atoms with Crippen LogP contribution in [-0.4, -0.2) is 64.6 Å². The van der Waals surface area contributed by atoms with Crippen molar-refractivity contribution in [1.82, 2.24) is 20.1 Å². The normalized spacial score (nSPS) is 17.0. The third-order valence-electron chi connectivity index (χ3n) is 4.84. The van der Waals surface area contributed by atoms with E-state index in [9.17, 15) is 9.90 Å². The van der Waals surface area contributed by atoms with E-state index >= 15 is 0 Å². The highest BCUT2D eigenvalue weighted by Gasteiger charge is 2.21. The zero-order valence-corrected chi connectivity index (χ0v) is 15.8. The predicted molar refractivity (Wildman–Crippen MR) is 102 cm³/mol. The summed E-state index contributed by atoms with van der Waals surface area (Å²) in [6.07, 6.45) is 1.95. The molecule has 0 spiro atoms. The van der Waals surface area contributed by atoms with E-state index in [2.05, 4.69) is 20.1 Å². The van der Waals surface area contributed by atoms with Crippen LogP contribution in [0.25, 0.3) is 0 Å². The minimum Gasteiger partial charge on any atom is -0.447 e. The van der Waals surface area contributed by atoms with Gasteiger partial charge in [0.15, 0.2) is 5.69 Å². The number of carbonyl (C=O) groups excluding carboxylic acids is 1. The lowest BCUT2D eigenvalue weighted by atomic mass is 10.2. The van der Waals surface area contributed by atoms with Crippen LogP contribution in [-0.2, 0) is 13.1 Å². The van der Waals surface area contributed by atoms with Crippen molar-refractivity contribution in [3.8, 4) is 0 Å². The third kappa shape index (κ3) is 5.89. The van der Waals surface area contributed by atoms with Crippen LogP contribution in [0.2, 0.25) is 0 Å². The Kier molecular flexibility index (Phi) is 6.98. The zero-order valence-electron chi connectivity index (χ0n) is 15.8. The van der Waals surface area contributed by atoms with Gasteiger partial charge in [0.2, 0.25) is 5.89 Å². The van der Waals surface area contributed by atoms with Gasteiger partial charge < -0.3 is 14.8 Å². The summed E-state index contributed by atoms with van der Waals surface area (Å²) in [7, 11) is 0. The Morgan fingerprint density at radius 1 is 1.22 bits per heavy atom. The second-order valence-corrected chi connectivity index (χ2v) is 6.93. The highest BCUT2D eigenvalue weighted by molar-refractivity contribution is 5.91. The van der Waals surface area contributed by atoms with Gasteiger partial charge in [0.1, 0.15) is 6.26 Å². The molecule has 2 heterocycles. The minimum atomic E-state index is -0.250. The van der Waals surface area contributed by atoms with Gasteiger partial charge in [-0.2, -0.15) is 0 Å². The fourth-order valence-corrected chi connectivity index (χ4v) is 3.10. The van der Waals surface area contributed by atoms with E-state index in [0.29, 0.717) is 24.7 Å². The molecule has 0 aliphatic carbocycles. The number of rotatable bonds is 8. The number of benzene rings is 1. The van der Waals surface area contributed by atoms with E-state index in [1.165, 1.54) is 6.26 Å². The van der Waals surface area contributed by atoms with Gasteiger partial charge in [-0.15, -0.1) is 0 Å². The first-order valence-electron chi connectivity index (χ1n) is 9.53. The van der Waals surface area contributed by atoms with E-state index in [4.69, 9.17) is 4.42 Å². The molecule has 1 saturated heterocycles. The van der Waals surface area contributed by atoms with Crippen LogP contribution < -0.4 is 5.32 Å². The number of nitrogens with one attached hydrogen (secondary N) is 1. The average Bonchev–Trinajstić information content (AvgIpc) is 3.17. The molecule has 0 saturated carbocycles. The SMILES string of the molecule is CC[C@H](O)CN1CCN(Cc2nc(C(=O)NCc3ccccc3)co2)CC1. The van der Waals surface area contributed by atoms with Gasteiger partial charge in [0, 0.05) is 39.3 Å². The molecule has 1 atom stereocenters. The Morgan fingerprint density at radius 3 is 2.63 bits per heavy atom. The molecule has 1 aliphatic heterocycles. The molecule has 27 heavy (non-hydrogen) atoms. The summed E-state index contributed by atoms with van der Waals surface area (Å²) in [6, 6.07) is 9.76. The molecule has 1 aliphatic rings. The number of hydrogen-bond acceptors (Lipinski definition) is 6. The van der Waals surface area contributed by atoms with Crippen LogP contribution in [0.5, 0.6) is 0 Å². The van der Waals surface area contributed by atoms with Crippen LogP contribution >= 0.6 is 0 Å². The molecule has 7 nitrogen and oxygen atoms in total. The van der Waals surface area contributed by atoms with Gasteiger partial charge in [0.05, 0.1) is 12.6 Å². The molecule has 2 N–H and O–H groups in total. The van der Waals surface area contributed by atoms with Crippen LogP contribution in [0.4, 0.5) is 0 Å². The van der Waals surface area contributed by atoms with E-state index in [1.807, 2.05) is 37.3 Å². The quantitative estimate of drug-likeness (QED) is 0.731. The van der Waals surface area contributed by atoms with Gasteiger partial charge in [-0.25, -0.2) is 4.98 Å². The predicted octanol–water partition coefficient (Wildman–Crippen LogP) is 1.49. The number of carbonyl (C=O) groups is 1. The maximum Gasteiger partial charge on any atom is 0.273 e. The number of oxazole rings is 1. The smallest absolute Gasteiger partial charge is 0.273 e. The number of amides is 1. The van der Waals surface area contributed by atoms with Crippen LogP contribution in [0.3, 0.4) is 0 Å². The molecule has 146 valence electrons. The van der Waals surface area contributed by atoms with Crippen molar-refractivity contribution >= 4 is 5.91 Å². The molecule has 3 rings (SSSR count). The third-order valence-corrected chi connectivity index (χ3v) is 4.84. The fraction of sp³-hybridized carbons (Fsp3) is 0.500. The van der Waals surface area contributed by atoms with E-state index in [0.717, 1.165) is 44.7 Å². The Labute approximate surface area is 160 Å². The monoisotopic (exact) mass is 372 g/mol. The Morgan fingerprint density at radius 2 is 1.93 bits per heavy atom. The number of aliphatic hydroxyl groups is 1. The van der Waals surface area contributed by atoms with Crippen molar-refractivity contribution in [2.75, 3.05) is 32.7 Å². The van der Waals surface area contributed by atoms with Crippen molar-refractivity contribution in [2.45, 2.75) is 32.5 Å². The molecule has 1 amide bonds. The van der Waals surface area contributed by atoms with Crippen molar-refractivity contribution in [1.29, 1.82) is 0 Å². The summed E-state index contributed by atoms with van der Waals surface area (Å²) in [5, 5.41) is 12.6. The molecular weight excluding hydrogens is 344 g/mol. The minimum absolute atomic E-state index is 0.229. The molecule has 1 fully saturated rings. The highest BCUT2D eigenvalue weighted by atomic mass is 16.3. The lowest BCUT2D eigenvalue weighted by molar-refractivity contribution is 0.0658. The molecular formula is C20H28N4O3. The van der Waals surface area contributed by atoms with Crippen molar-refractivity contribution < 1.29 is 14.3 Å². The maximum absolute atomic E-state index is 12.2. The lowest BCUT2D eigenvalue weighted by Gasteiger charge is -2.34. The molecule has 0 radical (unpaired) electrons. The van der Waals surface area contributed by atoms with E-state index < -0.39 is 0 Å². The molecule has 0 unspecified atom stereocenters. The number of β-amino-alcohol motifs (C(OH)–C–C–N with tert-alkyl or cyclic N) is 1. The molecule has 1 aromatic carbocycles. The Balaban J connectivity index is 1.43. The van der Waals surface area contributed by atoms with Gasteiger partial charge >= 0.3 is 0 Å². The summed E-state index contributed by atoms with van der Waals surface area (Å²) >= 11 is 0. The van der Waals surface area contributed by atoms with Crippen LogP contribution in [0.15, 0.2) is 41.0 Å². The first-order chi connectivity index (χ1) is 13.1. The summed E-state index contributed by atoms with van der Waals surface area (Å²) < 4.78 is 5.48. The fourth-order valence-electron chi connectivity index (χ4n) is 3.10. The number of aliphatic hydroxyl groups excluding tert-OH is 1. The molecule has 2 aromatic rings. The van der Waals surface area contributed by atoms with Gasteiger partial charge in [-0.1, -0.05) is 37.3 Å². The van der Waals surface area contributed by atoms with E-state index in [1.54, 1.807) is 0 Å². The van der Waals surface area contributed by atoms with Crippen molar-refractivity contribution in [3.05, 3.63) is 53.7 Å². The second kappa shape index (κ2) is 9.64. The average molecular weight is 372 g/mol. The number of aromatic nitrogens is 1. The molecule has 0 bridgehead atoms. The lowest BCUT2D eigenvalue weighted by Crippen LogP contribution is -2.48. The Hall–Kier alpha value is -2.22. The largest absolute Gasteiger partial charge is 0.447 e. The standard InChI is InChI=1S/C20H28N4O3/c1-2-17(25)13-23-8-10-24(11-9-23)14-19-22-18(15-27-19)20(26)21-12-16-6-4-3-5-7-16/h3-7,15,17,25H,2,8-14H2,1H3,(H,21,26)/t17-/m0/s1.